The Morgan fingerprint density at radius 1 is 1.07 bits per heavy atom. The first kappa shape index (κ1) is 12.0. The van der Waals surface area contributed by atoms with Gasteiger partial charge in [0.25, 0.3) is 0 Å². The highest BCUT2D eigenvalue weighted by Crippen LogP contribution is 2.31. The molecule has 0 aromatic heterocycles. The van der Waals surface area contributed by atoms with Crippen LogP contribution in [0.2, 0.25) is 0 Å². The molecule has 0 radical (unpaired) electrons. The Hall–Kier alpha value is -1.10. The minimum Gasteiger partial charge on any atom is -0.496 e. The highest BCUT2D eigenvalue weighted by atomic mass is 16.5. The molecule has 0 spiro atoms. The molecule has 1 aromatic rings. The van der Waals surface area contributed by atoms with Crippen molar-refractivity contribution in [2.45, 2.75) is 5.41 Å². The van der Waals surface area contributed by atoms with Crippen LogP contribution >= 0.6 is 0 Å². The summed E-state index contributed by atoms with van der Waals surface area (Å²) < 4.78 is 5.12. The Labute approximate surface area is 88.8 Å². The second kappa shape index (κ2) is 5.11. The zero-order valence-corrected chi connectivity index (χ0v) is 8.68. The van der Waals surface area contributed by atoms with Gasteiger partial charge in [-0.15, -0.1) is 0 Å². The molecule has 0 saturated carbocycles. The summed E-state index contributed by atoms with van der Waals surface area (Å²) in [5, 5.41) is 27.8. The number of ether oxygens (including phenoxy) is 1. The van der Waals surface area contributed by atoms with Crippen molar-refractivity contribution in [2.24, 2.45) is 0 Å². The van der Waals surface area contributed by atoms with E-state index in [-0.39, 0.29) is 19.8 Å². The maximum atomic E-state index is 9.27. The lowest BCUT2D eigenvalue weighted by Crippen LogP contribution is -2.39. The minimum absolute atomic E-state index is 0.333. The fraction of sp³-hybridized carbons (Fsp3) is 0.455. The molecular formula is C11H16O4. The van der Waals surface area contributed by atoms with E-state index in [0.29, 0.717) is 11.3 Å². The molecule has 4 heteroatoms. The van der Waals surface area contributed by atoms with Crippen LogP contribution < -0.4 is 4.74 Å². The van der Waals surface area contributed by atoms with E-state index in [9.17, 15) is 15.3 Å². The topological polar surface area (TPSA) is 69.9 Å². The number of aliphatic hydroxyl groups is 3. The summed E-state index contributed by atoms with van der Waals surface area (Å²) in [5.41, 5.74) is -0.438. The number of hydrogen-bond donors (Lipinski definition) is 3. The van der Waals surface area contributed by atoms with Crippen molar-refractivity contribution in [2.75, 3.05) is 26.9 Å². The van der Waals surface area contributed by atoms with Crippen LogP contribution in [-0.4, -0.2) is 42.3 Å². The van der Waals surface area contributed by atoms with Gasteiger partial charge in [-0.25, -0.2) is 0 Å². The average molecular weight is 212 g/mol. The monoisotopic (exact) mass is 212 g/mol. The Kier molecular flexibility index (Phi) is 4.08. The summed E-state index contributed by atoms with van der Waals surface area (Å²) in [5.74, 6) is 0.551. The van der Waals surface area contributed by atoms with Crippen molar-refractivity contribution in [3.63, 3.8) is 0 Å². The Balaban J connectivity index is 3.21. The minimum atomic E-state index is -1.05. The third kappa shape index (κ3) is 2.12. The van der Waals surface area contributed by atoms with Gasteiger partial charge in [-0.3, -0.25) is 0 Å². The van der Waals surface area contributed by atoms with Gasteiger partial charge in [-0.05, 0) is 6.07 Å². The van der Waals surface area contributed by atoms with E-state index >= 15 is 0 Å². The van der Waals surface area contributed by atoms with Crippen LogP contribution in [0, 0.1) is 0 Å². The first-order valence-electron chi connectivity index (χ1n) is 4.70. The standard InChI is InChI=1S/C11H16O4/c1-15-10-5-3-2-4-9(10)11(6-12,7-13)8-14/h2-5,12-14H,6-8H2,1H3. The van der Waals surface area contributed by atoms with Crippen molar-refractivity contribution in [3.8, 4) is 5.75 Å². The summed E-state index contributed by atoms with van der Waals surface area (Å²) in [6.45, 7) is -0.999. The maximum Gasteiger partial charge on any atom is 0.122 e. The number of para-hydroxylation sites is 1. The first-order chi connectivity index (χ1) is 7.24. The van der Waals surface area contributed by atoms with Gasteiger partial charge in [0.1, 0.15) is 5.75 Å². The van der Waals surface area contributed by atoms with E-state index < -0.39 is 5.41 Å². The molecule has 0 aliphatic rings. The Morgan fingerprint density at radius 3 is 2.07 bits per heavy atom. The van der Waals surface area contributed by atoms with E-state index in [2.05, 4.69) is 0 Å². The Bertz CT molecular complexity index is 299. The van der Waals surface area contributed by atoms with E-state index in [0.717, 1.165) is 0 Å². The van der Waals surface area contributed by atoms with Crippen molar-refractivity contribution in [1.29, 1.82) is 0 Å². The van der Waals surface area contributed by atoms with E-state index in [1.54, 1.807) is 24.3 Å². The molecule has 15 heavy (non-hydrogen) atoms. The molecule has 0 fully saturated rings. The van der Waals surface area contributed by atoms with Gasteiger partial charge >= 0.3 is 0 Å². The molecule has 4 nitrogen and oxygen atoms in total. The van der Waals surface area contributed by atoms with E-state index in [1.807, 2.05) is 0 Å². The fourth-order valence-electron chi connectivity index (χ4n) is 1.49. The van der Waals surface area contributed by atoms with Crippen LogP contribution in [0.4, 0.5) is 0 Å². The fourth-order valence-corrected chi connectivity index (χ4v) is 1.49. The van der Waals surface area contributed by atoms with Crippen LogP contribution in [-0.2, 0) is 5.41 Å². The molecule has 1 rings (SSSR count). The zero-order valence-electron chi connectivity index (χ0n) is 8.68. The normalized spacial score (nSPS) is 11.5. The molecule has 3 N–H and O–H groups in total. The summed E-state index contributed by atoms with van der Waals surface area (Å²) >= 11 is 0. The van der Waals surface area contributed by atoms with Gasteiger partial charge < -0.3 is 20.1 Å². The Morgan fingerprint density at radius 2 is 1.60 bits per heavy atom. The molecule has 0 aliphatic heterocycles. The molecular weight excluding hydrogens is 196 g/mol. The average Bonchev–Trinajstić information content (AvgIpc) is 2.33. The number of rotatable bonds is 5. The van der Waals surface area contributed by atoms with Crippen LogP contribution in [0.5, 0.6) is 5.75 Å². The number of aliphatic hydroxyl groups excluding tert-OH is 3. The van der Waals surface area contributed by atoms with E-state index in [4.69, 9.17) is 4.74 Å². The lowest BCUT2D eigenvalue weighted by atomic mass is 9.82. The maximum absolute atomic E-state index is 9.27. The first-order valence-corrected chi connectivity index (χ1v) is 4.70. The summed E-state index contributed by atoms with van der Waals surface area (Å²) in [6, 6.07) is 7.01. The highest BCUT2D eigenvalue weighted by molar-refractivity contribution is 5.40. The van der Waals surface area contributed by atoms with Crippen molar-refractivity contribution in [3.05, 3.63) is 29.8 Å². The van der Waals surface area contributed by atoms with E-state index in [1.165, 1.54) is 7.11 Å². The second-order valence-electron chi connectivity index (χ2n) is 3.45. The van der Waals surface area contributed by atoms with Gasteiger partial charge in [-0.2, -0.15) is 0 Å². The lowest BCUT2D eigenvalue weighted by Gasteiger charge is -2.29. The summed E-state index contributed by atoms with van der Waals surface area (Å²) in [7, 11) is 1.51. The number of benzene rings is 1. The molecule has 0 saturated heterocycles. The lowest BCUT2D eigenvalue weighted by molar-refractivity contribution is 0.0624. The van der Waals surface area contributed by atoms with Crippen LogP contribution in [0.3, 0.4) is 0 Å². The molecule has 84 valence electrons. The van der Waals surface area contributed by atoms with Crippen LogP contribution in [0.1, 0.15) is 5.56 Å². The smallest absolute Gasteiger partial charge is 0.122 e. The molecule has 0 atom stereocenters. The molecule has 1 aromatic carbocycles. The van der Waals surface area contributed by atoms with Gasteiger partial charge in [0.05, 0.1) is 32.3 Å². The van der Waals surface area contributed by atoms with Gasteiger partial charge in [0.15, 0.2) is 0 Å². The largest absolute Gasteiger partial charge is 0.496 e. The molecule has 0 aliphatic carbocycles. The predicted molar refractivity (Wildman–Crippen MR) is 55.9 cm³/mol. The summed E-state index contributed by atoms with van der Waals surface area (Å²) in [6.07, 6.45) is 0. The SMILES string of the molecule is COc1ccccc1C(CO)(CO)CO. The van der Waals surface area contributed by atoms with Gasteiger partial charge in [0, 0.05) is 5.56 Å². The van der Waals surface area contributed by atoms with Gasteiger partial charge in [0.2, 0.25) is 0 Å². The number of methoxy groups -OCH3 is 1. The molecule has 0 bridgehead atoms. The zero-order chi connectivity index (χ0) is 11.3. The van der Waals surface area contributed by atoms with Crippen LogP contribution in [0.25, 0.3) is 0 Å². The molecule has 0 amide bonds. The molecule has 0 heterocycles. The summed E-state index contributed by atoms with van der Waals surface area (Å²) in [4.78, 5) is 0. The van der Waals surface area contributed by atoms with Crippen molar-refractivity contribution in [1.82, 2.24) is 0 Å². The third-order valence-corrected chi connectivity index (χ3v) is 2.59. The predicted octanol–water partition coefficient (Wildman–Crippen LogP) is -0.0901. The van der Waals surface area contributed by atoms with Crippen LogP contribution in [0.15, 0.2) is 24.3 Å². The highest BCUT2D eigenvalue weighted by Gasteiger charge is 2.32. The third-order valence-electron chi connectivity index (χ3n) is 2.59. The van der Waals surface area contributed by atoms with Crippen molar-refractivity contribution >= 4 is 0 Å². The number of hydrogen-bond acceptors (Lipinski definition) is 4. The molecule has 0 unspecified atom stereocenters. The van der Waals surface area contributed by atoms with Crippen molar-refractivity contribution < 1.29 is 20.1 Å². The second-order valence-corrected chi connectivity index (χ2v) is 3.45. The van der Waals surface area contributed by atoms with Gasteiger partial charge in [-0.1, -0.05) is 18.2 Å². The quantitative estimate of drug-likeness (QED) is 0.638.